The molecule has 218 valence electrons. The molecule has 1 aliphatic rings. The van der Waals surface area contributed by atoms with Crippen molar-refractivity contribution in [3.63, 3.8) is 0 Å². The highest BCUT2D eigenvalue weighted by atomic mass is 35.5. The van der Waals surface area contributed by atoms with Gasteiger partial charge in [0.1, 0.15) is 31.6 Å². The molecule has 0 bridgehead atoms. The van der Waals surface area contributed by atoms with Gasteiger partial charge in [0.05, 0.1) is 10.6 Å². The lowest BCUT2D eigenvalue weighted by atomic mass is 10.1. The minimum Gasteiger partial charge on any atom is -0.486 e. The zero-order valence-corrected chi connectivity index (χ0v) is 24.3. The second-order valence-corrected chi connectivity index (χ2v) is 11.5. The molecule has 1 heterocycles. The Kier molecular flexibility index (Phi) is 9.72. The molecular weight excluding hydrogens is 573 g/mol. The fourth-order valence-electron chi connectivity index (χ4n) is 4.47. The number of ether oxygens (including phenoxy) is 2. The van der Waals surface area contributed by atoms with Gasteiger partial charge in [0.2, 0.25) is 11.8 Å². The van der Waals surface area contributed by atoms with Crippen LogP contribution < -0.4 is 19.1 Å². The fraction of sp³-hybridized carbons (Fsp3) is 0.310. The predicted molar refractivity (Wildman–Crippen MR) is 153 cm³/mol. The van der Waals surface area contributed by atoms with Crippen LogP contribution in [0.4, 0.5) is 10.1 Å². The summed E-state index contributed by atoms with van der Waals surface area (Å²) in [5.74, 6) is -0.935. The Labute approximate surface area is 243 Å². The minimum atomic E-state index is -4.37. The maximum Gasteiger partial charge on any atom is 0.264 e. The van der Waals surface area contributed by atoms with E-state index in [1.54, 1.807) is 38.1 Å². The standard InChI is InChI=1S/C29H31ClFN3O6S/c1-3-25(29(36)32-4-2)33(18-20-7-5-6-8-24(20)30)28(35)19-34(22-11-9-21(31)10-12-22)41(37,38)23-13-14-26-27(17-23)40-16-15-39-26/h5-14,17,25H,3-4,15-16,18-19H2,1-2H3,(H,32,36)/t25-/m0/s1. The largest absolute Gasteiger partial charge is 0.486 e. The van der Waals surface area contributed by atoms with E-state index in [0.717, 1.165) is 16.4 Å². The fourth-order valence-corrected chi connectivity index (χ4v) is 6.09. The molecule has 41 heavy (non-hydrogen) atoms. The van der Waals surface area contributed by atoms with Gasteiger partial charge in [-0.05, 0) is 61.4 Å². The van der Waals surface area contributed by atoms with Crippen molar-refractivity contribution in [1.82, 2.24) is 10.2 Å². The lowest BCUT2D eigenvalue weighted by molar-refractivity contribution is -0.140. The van der Waals surface area contributed by atoms with Crippen LogP contribution in [0.1, 0.15) is 25.8 Å². The number of nitrogens with zero attached hydrogens (tertiary/aromatic N) is 2. The Morgan fingerprint density at radius 2 is 1.68 bits per heavy atom. The zero-order valence-electron chi connectivity index (χ0n) is 22.7. The third kappa shape index (κ3) is 6.91. The van der Waals surface area contributed by atoms with Crippen LogP contribution in [0.25, 0.3) is 0 Å². The lowest BCUT2D eigenvalue weighted by Gasteiger charge is -2.33. The highest BCUT2D eigenvalue weighted by Gasteiger charge is 2.34. The van der Waals surface area contributed by atoms with Crippen molar-refractivity contribution in [2.45, 2.75) is 37.8 Å². The molecule has 0 saturated carbocycles. The van der Waals surface area contributed by atoms with E-state index in [4.69, 9.17) is 21.1 Å². The molecule has 3 aromatic rings. The molecule has 1 atom stereocenters. The summed E-state index contributed by atoms with van der Waals surface area (Å²) in [6.07, 6.45) is 0.271. The number of carbonyl (C=O) groups is 2. The molecule has 0 radical (unpaired) electrons. The van der Waals surface area contributed by atoms with Gasteiger partial charge in [0.25, 0.3) is 10.0 Å². The number of carbonyl (C=O) groups excluding carboxylic acids is 2. The van der Waals surface area contributed by atoms with Crippen LogP contribution in [-0.2, 0) is 26.2 Å². The normalized spacial score (nSPS) is 13.3. The third-order valence-electron chi connectivity index (χ3n) is 6.53. The lowest BCUT2D eigenvalue weighted by Crippen LogP contribution is -2.52. The summed E-state index contributed by atoms with van der Waals surface area (Å²) < 4.78 is 53.8. The van der Waals surface area contributed by atoms with Crippen LogP contribution in [0, 0.1) is 5.82 Å². The zero-order chi connectivity index (χ0) is 29.6. The molecule has 0 spiro atoms. The predicted octanol–water partition coefficient (Wildman–Crippen LogP) is 4.39. The molecule has 0 unspecified atom stereocenters. The number of halogens is 2. The van der Waals surface area contributed by atoms with E-state index in [0.29, 0.717) is 29.5 Å². The maximum atomic E-state index is 14.0. The quantitative estimate of drug-likeness (QED) is 0.349. The molecule has 0 fully saturated rings. The number of hydrogen-bond acceptors (Lipinski definition) is 6. The number of rotatable bonds is 11. The minimum absolute atomic E-state index is 0.0323. The highest BCUT2D eigenvalue weighted by molar-refractivity contribution is 7.92. The van der Waals surface area contributed by atoms with Crippen LogP contribution in [-0.4, -0.2) is 57.5 Å². The molecule has 1 aliphatic heterocycles. The first kappa shape index (κ1) is 30.1. The Morgan fingerprint density at radius 1 is 1.00 bits per heavy atom. The van der Waals surface area contributed by atoms with Gasteiger partial charge < -0.3 is 19.7 Å². The first-order valence-electron chi connectivity index (χ1n) is 13.1. The Hall–Kier alpha value is -3.83. The van der Waals surface area contributed by atoms with Gasteiger partial charge in [-0.15, -0.1) is 0 Å². The number of fused-ring (bicyclic) bond motifs is 1. The van der Waals surface area contributed by atoms with Gasteiger partial charge in [-0.3, -0.25) is 13.9 Å². The number of nitrogens with one attached hydrogen (secondary N) is 1. The molecule has 0 saturated heterocycles. The second kappa shape index (κ2) is 13.2. The Morgan fingerprint density at radius 3 is 2.34 bits per heavy atom. The molecule has 9 nitrogen and oxygen atoms in total. The van der Waals surface area contributed by atoms with Crippen molar-refractivity contribution in [3.05, 3.63) is 83.1 Å². The molecule has 3 aromatic carbocycles. The van der Waals surface area contributed by atoms with Crippen LogP contribution in [0.5, 0.6) is 11.5 Å². The first-order chi connectivity index (χ1) is 19.6. The topological polar surface area (TPSA) is 105 Å². The van der Waals surface area contributed by atoms with Crippen molar-refractivity contribution in [3.8, 4) is 11.5 Å². The number of hydrogen-bond donors (Lipinski definition) is 1. The van der Waals surface area contributed by atoms with Crippen molar-refractivity contribution in [2.24, 2.45) is 0 Å². The third-order valence-corrected chi connectivity index (χ3v) is 8.67. The summed E-state index contributed by atoms with van der Waals surface area (Å²) in [7, 11) is -4.37. The Balaban J connectivity index is 1.75. The molecule has 0 aliphatic carbocycles. The average molecular weight is 604 g/mol. The van der Waals surface area contributed by atoms with E-state index >= 15 is 0 Å². The SMILES string of the molecule is CCNC(=O)[C@H](CC)N(Cc1ccccc1Cl)C(=O)CN(c1ccc(F)cc1)S(=O)(=O)c1ccc2c(c1)OCCO2. The number of sulfonamides is 1. The van der Waals surface area contributed by atoms with Crippen molar-refractivity contribution >= 4 is 39.1 Å². The average Bonchev–Trinajstić information content (AvgIpc) is 2.97. The molecule has 1 N–H and O–H groups in total. The number of amides is 2. The van der Waals surface area contributed by atoms with E-state index in [9.17, 15) is 22.4 Å². The highest BCUT2D eigenvalue weighted by Crippen LogP contribution is 2.34. The smallest absolute Gasteiger partial charge is 0.264 e. The summed E-state index contributed by atoms with van der Waals surface area (Å²) in [6, 6.07) is 14.9. The monoisotopic (exact) mass is 603 g/mol. The van der Waals surface area contributed by atoms with Gasteiger partial charge >= 0.3 is 0 Å². The maximum absolute atomic E-state index is 14.0. The summed E-state index contributed by atoms with van der Waals surface area (Å²) >= 11 is 6.39. The molecule has 0 aromatic heterocycles. The molecular formula is C29H31ClFN3O6S. The van der Waals surface area contributed by atoms with E-state index in [2.05, 4.69) is 5.32 Å². The van der Waals surface area contributed by atoms with Crippen LogP contribution in [0.3, 0.4) is 0 Å². The molecule has 2 amide bonds. The number of anilines is 1. The van der Waals surface area contributed by atoms with Crippen LogP contribution in [0.2, 0.25) is 5.02 Å². The van der Waals surface area contributed by atoms with Crippen molar-refractivity contribution < 1.29 is 31.9 Å². The van der Waals surface area contributed by atoms with Gasteiger partial charge in [-0.1, -0.05) is 36.7 Å². The van der Waals surface area contributed by atoms with Crippen LogP contribution >= 0.6 is 11.6 Å². The van der Waals surface area contributed by atoms with E-state index in [1.165, 1.54) is 35.2 Å². The van der Waals surface area contributed by atoms with Crippen LogP contribution in [0.15, 0.2) is 71.6 Å². The van der Waals surface area contributed by atoms with Gasteiger partial charge in [-0.2, -0.15) is 0 Å². The molecule has 12 heteroatoms. The second-order valence-electron chi connectivity index (χ2n) is 9.23. The summed E-state index contributed by atoms with van der Waals surface area (Å²) in [6.45, 7) is 3.77. The summed E-state index contributed by atoms with van der Waals surface area (Å²) in [5.41, 5.74) is 0.659. The van der Waals surface area contributed by atoms with Crippen molar-refractivity contribution in [1.29, 1.82) is 0 Å². The van der Waals surface area contributed by atoms with Crippen molar-refractivity contribution in [2.75, 3.05) is 30.6 Å². The summed E-state index contributed by atoms with van der Waals surface area (Å²) in [5, 5.41) is 3.14. The van der Waals surface area contributed by atoms with Gasteiger partial charge in [0.15, 0.2) is 11.5 Å². The van der Waals surface area contributed by atoms with E-state index < -0.39 is 34.3 Å². The van der Waals surface area contributed by atoms with E-state index in [-0.39, 0.29) is 41.8 Å². The summed E-state index contributed by atoms with van der Waals surface area (Å²) in [4.78, 5) is 28.2. The number of benzene rings is 3. The van der Waals surface area contributed by atoms with Gasteiger partial charge in [0, 0.05) is 24.2 Å². The van der Waals surface area contributed by atoms with E-state index in [1.807, 2.05) is 0 Å². The Bertz CT molecular complexity index is 1500. The first-order valence-corrected chi connectivity index (χ1v) is 15.0. The molecule has 4 rings (SSSR count). The van der Waals surface area contributed by atoms with Gasteiger partial charge in [-0.25, -0.2) is 12.8 Å². The number of likely N-dealkylation sites (N-methyl/N-ethyl adjacent to an activating group) is 1.